The van der Waals surface area contributed by atoms with E-state index in [2.05, 4.69) is 17.3 Å². The Morgan fingerprint density at radius 3 is 3.16 bits per heavy atom. The number of hydrogen-bond donors (Lipinski definition) is 1. The SMILES string of the molecule is COC(=O)c1occc1CN(C)C1CCCNCC1. The Bertz CT molecular complexity index is 409. The molecule has 1 N–H and O–H groups in total. The molecule has 1 aliphatic rings. The second-order valence-electron chi connectivity index (χ2n) is 5.02. The summed E-state index contributed by atoms with van der Waals surface area (Å²) >= 11 is 0. The molecule has 1 saturated heterocycles. The van der Waals surface area contributed by atoms with Gasteiger partial charge in [0.05, 0.1) is 13.4 Å². The highest BCUT2D eigenvalue weighted by atomic mass is 16.5. The maximum Gasteiger partial charge on any atom is 0.374 e. The van der Waals surface area contributed by atoms with Crippen LogP contribution in [0.25, 0.3) is 0 Å². The summed E-state index contributed by atoms with van der Waals surface area (Å²) < 4.78 is 9.94. The molecule has 1 atom stereocenters. The minimum Gasteiger partial charge on any atom is -0.463 e. The molecule has 0 aliphatic carbocycles. The van der Waals surface area contributed by atoms with Gasteiger partial charge in [-0.15, -0.1) is 0 Å². The Morgan fingerprint density at radius 1 is 1.53 bits per heavy atom. The minimum absolute atomic E-state index is 0.320. The van der Waals surface area contributed by atoms with Crippen molar-refractivity contribution >= 4 is 5.97 Å². The van der Waals surface area contributed by atoms with Crippen molar-refractivity contribution < 1.29 is 13.9 Å². The van der Waals surface area contributed by atoms with Crippen molar-refractivity contribution in [1.29, 1.82) is 0 Å². The van der Waals surface area contributed by atoms with Crippen LogP contribution in [0, 0.1) is 0 Å². The van der Waals surface area contributed by atoms with Crippen LogP contribution in [-0.2, 0) is 11.3 Å². The molecular weight excluding hydrogens is 244 g/mol. The van der Waals surface area contributed by atoms with E-state index in [1.54, 1.807) is 6.26 Å². The van der Waals surface area contributed by atoms with Crippen LogP contribution in [-0.4, -0.2) is 44.2 Å². The van der Waals surface area contributed by atoms with Crippen molar-refractivity contribution in [2.75, 3.05) is 27.2 Å². The molecule has 2 heterocycles. The minimum atomic E-state index is -0.407. The summed E-state index contributed by atoms with van der Waals surface area (Å²) in [6.07, 6.45) is 5.07. The number of rotatable bonds is 4. The van der Waals surface area contributed by atoms with Gasteiger partial charge in [-0.05, 0) is 45.5 Å². The lowest BCUT2D eigenvalue weighted by molar-refractivity contribution is 0.0561. The number of hydrogen-bond acceptors (Lipinski definition) is 5. The molecule has 0 radical (unpaired) electrons. The average molecular weight is 266 g/mol. The lowest BCUT2D eigenvalue weighted by atomic mass is 10.1. The van der Waals surface area contributed by atoms with Gasteiger partial charge in [-0.2, -0.15) is 0 Å². The summed E-state index contributed by atoms with van der Waals surface area (Å²) in [6.45, 7) is 2.87. The quantitative estimate of drug-likeness (QED) is 0.840. The molecule has 0 saturated carbocycles. The first-order chi connectivity index (χ1) is 9.22. The number of nitrogens with one attached hydrogen (secondary N) is 1. The highest BCUT2D eigenvalue weighted by Crippen LogP contribution is 2.18. The maximum absolute atomic E-state index is 11.6. The standard InChI is InChI=1S/C14H22N2O3/c1-16(12-4-3-7-15-8-5-12)10-11-6-9-19-13(11)14(17)18-2/h6,9,12,15H,3-5,7-8,10H2,1-2H3. The Morgan fingerprint density at radius 2 is 2.37 bits per heavy atom. The zero-order valence-electron chi connectivity index (χ0n) is 11.6. The van der Waals surface area contributed by atoms with Gasteiger partial charge in [0.1, 0.15) is 0 Å². The van der Waals surface area contributed by atoms with Crippen LogP contribution in [0.3, 0.4) is 0 Å². The van der Waals surface area contributed by atoms with E-state index < -0.39 is 5.97 Å². The lowest BCUT2D eigenvalue weighted by Gasteiger charge is -2.26. The van der Waals surface area contributed by atoms with Crippen LogP contribution in [0.15, 0.2) is 16.7 Å². The third-order valence-electron chi connectivity index (χ3n) is 3.71. The highest BCUT2D eigenvalue weighted by molar-refractivity contribution is 5.87. The third kappa shape index (κ3) is 3.58. The fraction of sp³-hybridized carbons (Fsp3) is 0.643. The summed E-state index contributed by atoms with van der Waals surface area (Å²) in [4.78, 5) is 13.9. The molecule has 5 nitrogen and oxygen atoms in total. The van der Waals surface area contributed by atoms with E-state index in [0.29, 0.717) is 18.3 Å². The molecule has 1 fully saturated rings. The first-order valence-corrected chi connectivity index (χ1v) is 6.78. The van der Waals surface area contributed by atoms with Crippen molar-refractivity contribution in [3.05, 3.63) is 23.7 Å². The Labute approximate surface area is 113 Å². The number of nitrogens with zero attached hydrogens (tertiary/aromatic N) is 1. The first-order valence-electron chi connectivity index (χ1n) is 6.78. The van der Waals surface area contributed by atoms with Crippen molar-refractivity contribution in [3.8, 4) is 0 Å². The fourth-order valence-corrected chi connectivity index (χ4v) is 2.57. The van der Waals surface area contributed by atoms with Gasteiger partial charge in [0, 0.05) is 18.2 Å². The largest absolute Gasteiger partial charge is 0.463 e. The molecule has 2 rings (SSSR count). The molecule has 19 heavy (non-hydrogen) atoms. The summed E-state index contributed by atoms with van der Waals surface area (Å²) in [7, 11) is 3.47. The molecule has 106 valence electrons. The van der Waals surface area contributed by atoms with Gasteiger partial charge >= 0.3 is 5.97 Å². The predicted molar refractivity (Wildman–Crippen MR) is 72.0 cm³/mol. The van der Waals surface area contributed by atoms with E-state index in [1.165, 1.54) is 20.0 Å². The number of methoxy groups -OCH3 is 1. The molecule has 1 aromatic heterocycles. The molecule has 1 unspecified atom stereocenters. The van der Waals surface area contributed by atoms with E-state index in [1.807, 2.05) is 6.07 Å². The number of esters is 1. The number of ether oxygens (including phenoxy) is 1. The number of furan rings is 1. The Balaban J connectivity index is 1.99. The summed E-state index contributed by atoms with van der Waals surface area (Å²) in [5, 5.41) is 3.41. The highest BCUT2D eigenvalue weighted by Gasteiger charge is 2.21. The second kappa shape index (κ2) is 6.73. The van der Waals surface area contributed by atoms with Crippen molar-refractivity contribution in [2.24, 2.45) is 0 Å². The molecule has 0 bridgehead atoms. The predicted octanol–water partition coefficient (Wildman–Crippen LogP) is 1.64. The average Bonchev–Trinajstić information content (AvgIpc) is 2.71. The van der Waals surface area contributed by atoms with Gasteiger partial charge in [0.15, 0.2) is 0 Å². The van der Waals surface area contributed by atoms with E-state index >= 15 is 0 Å². The van der Waals surface area contributed by atoms with Crippen LogP contribution >= 0.6 is 0 Å². The van der Waals surface area contributed by atoms with Crippen molar-refractivity contribution in [3.63, 3.8) is 0 Å². The van der Waals surface area contributed by atoms with Gasteiger partial charge in [0.2, 0.25) is 5.76 Å². The first kappa shape index (κ1) is 14.1. The summed E-state index contributed by atoms with van der Waals surface area (Å²) in [5.41, 5.74) is 0.895. The van der Waals surface area contributed by atoms with Crippen LogP contribution in [0.2, 0.25) is 0 Å². The molecule has 5 heteroatoms. The van der Waals surface area contributed by atoms with Crippen LogP contribution in [0.1, 0.15) is 35.4 Å². The van der Waals surface area contributed by atoms with E-state index in [9.17, 15) is 4.79 Å². The molecule has 0 aromatic carbocycles. The molecular formula is C14H22N2O3. The summed E-state index contributed by atoms with van der Waals surface area (Å²) in [5.74, 6) is -0.0861. The number of carbonyl (C=O) groups is 1. The fourth-order valence-electron chi connectivity index (χ4n) is 2.57. The van der Waals surface area contributed by atoms with Gasteiger partial charge in [0.25, 0.3) is 0 Å². The van der Waals surface area contributed by atoms with E-state index in [-0.39, 0.29) is 0 Å². The van der Waals surface area contributed by atoms with Crippen molar-refractivity contribution in [2.45, 2.75) is 31.8 Å². The maximum atomic E-state index is 11.6. The third-order valence-corrected chi connectivity index (χ3v) is 3.71. The van der Waals surface area contributed by atoms with Gasteiger partial charge < -0.3 is 14.5 Å². The van der Waals surface area contributed by atoms with Gasteiger partial charge in [-0.3, -0.25) is 4.90 Å². The van der Waals surface area contributed by atoms with E-state index in [4.69, 9.17) is 9.15 Å². The molecule has 1 aliphatic heterocycles. The smallest absolute Gasteiger partial charge is 0.374 e. The zero-order valence-corrected chi connectivity index (χ0v) is 11.6. The van der Waals surface area contributed by atoms with Crippen LogP contribution in [0.4, 0.5) is 0 Å². The van der Waals surface area contributed by atoms with Crippen LogP contribution in [0.5, 0.6) is 0 Å². The monoisotopic (exact) mass is 266 g/mol. The normalized spacial score (nSPS) is 20.3. The molecule has 1 aromatic rings. The van der Waals surface area contributed by atoms with Gasteiger partial charge in [-0.25, -0.2) is 4.79 Å². The van der Waals surface area contributed by atoms with Gasteiger partial charge in [-0.1, -0.05) is 0 Å². The molecule has 0 spiro atoms. The lowest BCUT2D eigenvalue weighted by Crippen LogP contribution is -2.32. The van der Waals surface area contributed by atoms with Crippen LogP contribution < -0.4 is 5.32 Å². The van der Waals surface area contributed by atoms with E-state index in [0.717, 1.165) is 25.1 Å². The molecule has 0 amide bonds. The number of carbonyl (C=O) groups excluding carboxylic acids is 1. The Kier molecular flexibility index (Phi) is 4.99. The Hall–Kier alpha value is -1.33. The topological polar surface area (TPSA) is 54.7 Å². The second-order valence-corrected chi connectivity index (χ2v) is 5.02. The zero-order chi connectivity index (χ0) is 13.7. The van der Waals surface area contributed by atoms with Crippen molar-refractivity contribution in [1.82, 2.24) is 10.2 Å². The summed E-state index contributed by atoms with van der Waals surface area (Å²) in [6, 6.07) is 2.40.